The number of hydrogen-bond donors (Lipinski definition) is 2. The second kappa shape index (κ2) is 9.13. The van der Waals surface area contributed by atoms with Gasteiger partial charge in [-0.1, -0.05) is 12.1 Å². The second-order valence-corrected chi connectivity index (χ2v) is 6.12. The molecule has 0 bridgehead atoms. The monoisotopic (exact) mass is 325 g/mol. The van der Waals surface area contributed by atoms with E-state index in [1.807, 2.05) is 26.0 Å². The van der Waals surface area contributed by atoms with Crippen LogP contribution in [0.3, 0.4) is 0 Å². The van der Waals surface area contributed by atoms with Crippen molar-refractivity contribution in [3.63, 3.8) is 0 Å². The Kier molecular flexibility index (Phi) is 7.87. The summed E-state index contributed by atoms with van der Waals surface area (Å²) in [4.78, 5) is 14.4. The number of halogens is 1. The third-order valence-electron chi connectivity index (χ3n) is 4.23. The number of carbonyl (C=O) groups is 1. The maximum Gasteiger partial charge on any atom is 0.238 e. The van der Waals surface area contributed by atoms with Crippen LogP contribution in [0, 0.1) is 13.8 Å². The summed E-state index contributed by atoms with van der Waals surface area (Å²) in [5, 5.41) is 6.45. The number of anilines is 1. The van der Waals surface area contributed by atoms with E-state index in [1.54, 1.807) is 0 Å². The number of amides is 1. The second-order valence-electron chi connectivity index (χ2n) is 6.12. The molecular weight excluding hydrogens is 298 g/mol. The van der Waals surface area contributed by atoms with Crippen LogP contribution in [0.15, 0.2) is 18.2 Å². The Hall–Kier alpha value is -1.10. The van der Waals surface area contributed by atoms with Crippen LogP contribution in [0.2, 0.25) is 0 Å². The highest BCUT2D eigenvalue weighted by atomic mass is 35.5. The third-order valence-corrected chi connectivity index (χ3v) is 4.23. The Morgan fingerprint density at radius 1 is 1.32 bits per heavy atom. The smallest absolute Gasteiger partial charge is 0.238 e. The molecule has 1 heterocycles. The number of nitrogens with one attached hydrogen (secondary N) is 2. The number of carbonyl (C=O) groups excluding carboxylic acids is 1. The first kappa shape index (κ1) is 18.9. The fraction of sp³-hybridized carbons (Fsp3) is 0.588. The van der Waals surface area contributed by atoms with Crippen LogP contribution in [-0.4, -0.2) is 43.5 Å². The van der Waals surface area contributed by atoms with E-state index in [0.717, 1.165) is 30.8 Å². The van der Waals surface area contributed by atoms with Crippen molar-refractivity contribution in [1.29, 1.82) is 0 Å². The molecule has 5 heteroatoms. The predicted octanol–water partition coefficient (Wildman–Crippen LogP) is 2.74. The molecule has 4 nitrogen and oxygen atoms in total. The molecule has 0 saturated carbocycles. The van der Waals surface area contributed by atoms with E-state index in [0.29, 0.717) is 12.6 Å². The summed E-state index contributed by atoms with van der Waals surface area (Å²) in [7, 11) is 2.05. The highest BCUT2D eigenvalue weighted by molar-refractivity contribution is 5.93. The summed E-state index contributed by atoms with van der Waals surface area (Å²) < 4.78 is 0. The van der Waals surface area contributed by atoms with E-state index in [4.69, 9.17) is 0 Å². The van der Waals surface area contributed by atoms with Crippen LogP contribution >= 0.6 is 12.4 Å². The van der Waals surface area contributed by atoms with Gasteiger partial charge in [-0.05, 0) is 70.4 Å². The molecule has 1 aliphatic heterocycles. The maximum absolute atomic E-state index is 12.2. The quantitative estimate of drug-likeness (QED) is 0.894. The van der Waals surface area contributed by atoms with Crippen molar-refractivity contribution in [3.8, 4) is 0 Å². The number of likely N-dealkylation sites (N-methyl/N-ethyl adjacent to an activating group) is 1. The molecule has 0 aromatic heterocycles. The van der Waals surface area contributed by atoms with E-state index in [9.17, 15) is 4.79 Å². The van der Waals surface area contributed by atoms with Crippen molar-refractivity contribution in [2.24, 2.45) is 0 Å². The van der Waals surface area contributed by atoms with Crippen molar-refractivity contribution in [2.75, 3.05) is 32.0 Å². The van der Waals surface area contributed by atoms with Crippen molar-refractivity contribution in [3.05, 3.63) is 29.3 Å². The molecule has 1 amide bonds. The third kappa shape index (κ3) is 5.59. The number of aryl methyl sites for hydroxylation is 2. The fourth-order valence-electron chi connectivity index (χ4n) is 2.86. The Bertz CT molecular complexity index is 485. The summed E-state index contributed by atoms with van der Waals surface area (Å²) in [6, 6.07) is 6.65. The van der Waals surface area contributed by atoms with E-state index < -0.39 is 0 Å². The van der Waals surface area contributed by atoms with Gasteiger partial charge in [0.25, 0.3) is 0 Å². The van der Waals surface area contributed by atoms with E-state index in [1.165, 1.54) is 18.4 Å². The van der Waals surface area contributed by atoms with Gasteiger partial charge in [-0.2, -0.15) is 0 Å². The van der Waals surface area contributed by atoms with E-state index in [-0.39, 0.29) is 18.3 Å². The molecule has 0 spiro atoms. The number of hydrogen-bond acceptors (Lipinski definition) is 3. The van der Waals surface area contributed by atoms with Crippen LogP contribution in [0.5, 0.6) is 0 Å². The average molecular weight is 326 g/mol. The van der Waals surface area contributed by atoms with Gasteiger partial charge in [0.15, 0.2) is 0 Å². The Labute approximate surface area is 140 Å². The zero-order chi connectivity index (χ0) is 15.2. The minimum absolute atomic E-state index is 0. The lowest BCUT2D eigenvalue weighted by atomic mass is 10.1. The summed E-state index contributed by atoms with van der Waals surface area (Å²) in [5.74, 6) is 0.0726. The molecular formula is C17H28ClN3O. The van der Waals surface area contributed by atoms with Gasteiger partial charge in [-0.15, -0.1) is 12.4 Å². The SMILES string of the molecule is Cc1ccc(C)c(NC(=O)CN(C)C2CCCNCC2)c1.Cl. The normalized spacial score (nSPS) is 18.5. The molecule has 1 aliphatic rings. The minimum Gasteiger partial charge on any atom is -0.325 e. The molecule has 1 unspecified atom stereocenters. The van der Waals surface area contributed by atoms with Gasteiger partial charge in [0.2, 0.25) is 5.91 Å². The first-order chi connectivity index (χ1) is 10.1. The zero-order valence-electron chi connectivity index (χ0n) is 13.8. The molecule has 124 valence electrons. The number of benzene rings is 1. The minimum atomic E-state index is 0. The van der Waals surface area contributed by atoms with Gasteiger partial charge >= 0.3 is 0 Å². The molecule has 2 N–H and O–H groups in total. The molecule has 1 fully saturated rings. The largest absolute Gasteiger partial charge is 0.325 e. The van der Waals surface area contributed by atoms with Crippen molar-refractivity contribution >= 4 is 24.0 Å². The fourth-order valence-corrected chi connectivity index (χ4v) is 2.86. The topological polar surface area (TPSA) is 44.4 Å². The zero-order valence-corrected chi connectivity index (χ0v) is 14.6. The lowest BCUT2D eigenvalue weighted by Gasteiger charge is -2.26. The number of rotatable bonds is 4. The van der Waals surface area contributed by atoms with Gasteiger partial charge in [0.1, 0.15) is 0 Å². The summed E-state index contributed by atoms with van der Waals surface area (Å²) >= 11 is 0. The van der Waals surface area contributed by atoms with Gasteiger partial charge in [-0.25, -0.2) is 0 Å². The molecule has 2 rings (SSSR count). The molecule has 1 aromatic rings. The molecule has 0 aliphatic carbocycles. The van der Waals surface area contributed by atoms with Crippen LogP contribution in [0.1, 0.15) is 30.4 Å². The first-order valence-electron chi connectivity index (χ1n) is 7.84. The Morgan fingerprint density at radius 3 is 2.86 bits per heavy atom. The number of nitrogens with zero attached hydrogens (tertiary/aromatic N) is 1. The highest BCUT2D eigenvalue weighted by Crippen LogP contribution is 2.17. The van der Waals surface area contributed by atoms with Crippen LogP contribution < -0.4 is 10.6 Å². The molecule has 1 atom stereocenters. The van der Waals surface area contributed by atoms with E-state index >= 15 is 0 Å². The lowest BCUT2D eigenvalue weighted by Crippen LogP contribution is -2.38. The van der Waals surface area contributed by atoms with Crippen LogP contribution in [-0.2, 0) is 4.79 Å². The van der Waals surface area contributed by atoms with E-state index in [2.05, 4.69) is 28.6 Å². The van der Waals surface area contributed by atoms with Crippen molar-refractivity contribution in [1.82, 2.24) is 10.2 Å². The van der Waals surface area contributed by atoms with Gasteiger partial charge in [-0.3, -0.25) is 9.69 Å². The Balaban J connectivity index is 0.00000242. The van der Waals surface area contributed by atoms with Crippen molar-refractivity contribution < 1.29 is 4.79 Å². The molecule has 1 aromatic carbocycles. The van der Waals surface area contributed by atoms with Gasteiger partial charge in [0, 0.05) is 11.7 Å². The van der Waals surface area contributed by atoms with Gasteiger partial charge < -0.3 is 10.6 Å². The summed E-state index contributed by atoms with van der Waals surface area (Å²) in [6.45, 7) is 6.67. The summed E-state index contributed by atoms with van der Waals surface area (Å²) in [5.41, 5.74) is 3.20. The molecule has 0 radical (unpaired) electrons. The first-order valence-corrected chi connectivity index (χ1v) is 7.84. The summed E-state index contributed by atoms with van der Waals surface area (Å²) in [6.07, 6.45) is 3.47. The van der Waals surface area contributed by atoms with Crippen molar-refractivity contribution in [2.45, 2.75) is 39.2 Å². The highest BCUT2D eigenvalue weighted by Gasteiger charge is 2.19. The van der Waals surface area contributed by atoms with Crippen LogP contribution in [0.4, 0.5) is 5.69 Å². The van der Waals surface area contributed by atoms with Gasteiger partial charge in [0.05, 0.1) is 6.54 Å². The van der Waals surface area contributed by atoms with Crippen LogP contribution in [0.25, 0.3) is 0 Å². The molecule has 1 saturated heterocycles. The Morgan fingerprint density at radius 2 is 2.09 bits per heavy atom. The standard InChI is InChI=1S/C17H27N3O.ClH/c1-13-6-7-14(2)16(11-13)19-17(21)12-20(3)15-5-4-9-18-10-8-15;/h6-7,11,15,18H,4-5,8-10,12H2,1-3H3,(H,19,21);1H. The average Bonchev–Trinajstić information content (AvgIpc) is 2.72. The predicted molar refractivity (Wildman–Crippen MR) is 94.9 cm³/mol. The maximum atomic E-state index is 12.2. The lowest BCUT2D eigenvalue weighted by molar-refractivity contribution is -0.117. The molecule has 22 heavy (non-hydrogen) atoms.